The van der Waals surface area contributed by atoms with E-state index in [9.17, 15) is 14.0 Å². The molecule has 1 aromatic heterocycles. The first-order valence-corrected chi connectivity index (χ1v) is 7.54. The molecule has 1 aliphatic carbocycles. The number of nitrogens with zero attached hydrogens (tertiary/aromatic N) is 2. The molecule has 1 N–H and O–H groups in total. The van der Waals surface area contributed by atoms with Gasteiger partial charge in [0.1, 0.15) is 17.0 Å². The van der Waals surface area contributed by atoms with Gasteiger partial charge in [-0.3, -0.25) is 0 Å². The first kappa shape index (κ1) is 14.6. The lowest BCUT2D eigenvalue weighted by Crippen LogP contribution is -2.10. The van der Waals surface area contributed by atoms with Crippen molar-refractivity contribution in [3.05, 3.63) is 59.9 Å². The molecule has 2 aromatic carbocycles. The number of hydrogen-bond acceptors (Lipinski definition) is 3. The predicted octanol–water partition coefficient (Wildman–Crippen LogP) is 4.11. The summed E-state index contributed by atoms with van der Waals surface area (Å²) in [5, 5.41) is 9.74. The number of halogens is 2. The second kappa shape index (κ2) is 5.31. The Morgan fingerprint density at radius 2 is 1.96 bits per heavy atom. The summed E-state index contributed by atoms with van der Waals surface area (Å²) in [4.78, 5) is 7.70. The minimum Gasteiger partial charge on any atom is -0.435 e. The Bertz CT molecular complexity index is 914. The Morgan fingerprint density at radius 3 is 2.71 bits per heavy atom. The van der Waals surface area contributed by atoms with Crippen molar-refractivity contribution in [2.45, 2.75) is 24.4 Å². The van der Waals surface area contributed by atoms with Gasteiger partial charge in [0.25, 0.3) is 0 Å². The third-order valence-electron chi connectivity index (χ3n) is 4.48. The first-order chi connectivity index (χ1) is 11.6. The predicted molar refractivity (Wildman–Crippen MR) is 83.8 cm³/mol. The van der Waals surface area contributed by atoms with E-state index in [4.69, 9.17) is 0 Å². The zero-order valence-electron chi connectivity index (χ0n) is 12.5. The summed E-state index contributed by atoms with van der Waals surface area (Å²) >= 11 is 0. The van der Waals surface area contributed by atoms with Crippen molar-refractivity contribution >= 4 is 11.0 Å². The lowest BCUT2D eigenvalue weighted by molar-refractivity contribution is -0.0504. The van der Waals surface area contributed by atoms with Crippen molar-refractivity contribution in [3.63, 3.8) is 0 Å². The Hall–Kier alpha value is -2.94. The molecule has 6 heteroatoms. The average molecular weight is 325 g/mol. The molecule has 4 rings (SSSR count). The second-order valence-corrected chi connectivity index (χ2v) is 5.86. The number of aromatic amines is 1. The van der Waals surface area contributed by atoms with E-state index in [2.05, 4.69) is 20.8 Å². The molecule has 3 aromatic rings. The van der Waals surface area contributed by atoms with Crippen LogP contribution in [0.5, 0.6) is 5.75 Å². The molecule has 2 unspecified atom stereocenters. The number of aromatic nitrogens is 2. The van der Waals surface area contributed by atoms with Gasteiger partial charge in [0.15, 0.2) is 0 Å². The van der Waals surface area contributed by atoms with Crippen LogP contribution in [0.2, 0.25) is 0 Å². The average Bonchev–Trinajstić information content (AvgIpc) is 3.16. The summed E-state index contributed by atoms with van der Waals surface area (Å²) in [6, 6.07) is 16.5. The number of ether oxygens (including phenoxy) is 1. The van der Waals surface area contributed by atoms with E-state index in [-0.39, 0.29) is 11.7 Å². The van der Waals surface area contributed by atoms with Crippen LogP contribution in [0.1, 0.15) is 23.7 Å². The van der Waals surface area contributed by atoms with Crippen LogP contribution in [-0.2, 0) is 5.41 Å². The molecule has 1 saturated carbocycles. The molecular weight excluding hydrogens is 312 g/mol. The van der Waals surface area contributed by atoms with Crippen LogP contribution in [0.3, 0.4) is 0 Å². The fraction of sp³-hybridized carbons (Fsp3) is 0.222. The molecule has 2 atom stereocenters. The van der Waals surface area contributed by atoms with Gasteiger partial charge in [-0.05, 0) is 30.2 Å². The quantitative estimate of drug-likeness (QED) is 0.785. The minimum absolute atomic E-state index is 0.116. The minimum atomic E-state index is -2.90. The van der Waals surface area contributed by atoms with Gasteiger partial charge in [-0.15, -0.1) is 0 Å². The molecule has 1 aliphatic rings. The largest absolute Gasteiger partial charge is 0.435 e. The van der Waals surface area contributed by atoms with Crippen LogP contribution < -0.4 is 4.74 Å². The highest BCUT2D eigenvalue weighted by molar-refractivity contribution is 5.75. The smallest absolute Gasteiger partial charge is 0.387 e. The van der Waals surface area contributed by atoms with E-state index in [1.165, 1.54) is 6.07 Å². The van der Waals surface area contributed by atoms with Crippen LogP contribution in [0, 0.1) is 11.3 Å². The molecular formula is C18H13F2N3O. The normalized spacial score (nSPS) is 22.5. The van der Waals surface area contributed by atoms with Gasteiger partial charge in [0, 0.05) is 5.92 Å². The van der Waals surface area contributed by atoms with E-state index in [0.717, 1.165) is 11.0 Å². The maximum absolute atomic E-state index is 12.6. The number of rotatable bonds is 4. The third kappa shape index (κ3) is 2.21. The lowest BCUT2D eigenvalue weighted by atomic mass is 9.99. The number of benzene rings is 2. The fourth-order valence-corrected chi connectivity index (χ4v) is 3.21. The molecule has 0 saturated heterocycles. The lowest BCUT2D eigenvalue weighted by Gasteiger charge is -2.11. The van der Waals surface area contributed by atoms with E-state index < -0.39 is 12.0 Å². The Balaban J connectivity index is 1.74. The van der Waals surface area contributed by atoms with E-state index in [0.29, 0.717) is 17.8 Å². The topological polar surface area (TPSA) is 61.7 Å². The zero-order chi connectivity index (χ0) is 16.7. The maximum Gasteiger partial charge on any atom is 0.387 e. The van der Waals surface area contributed by atoms with Crippen LogP contribution >= 0.6 is 0 Å². The number of nitriles is 1. The van der Waals surface area contributed by atoms with Gasteiger partial charge >= 0.3 is 6.61 Å². The highest BCUT2D eigenvalue weighted by Gasteiger charge is 2.60. The Labute approximate surface area is 136 Å². The summed E-state index contributed by atoms with van der Waals surface area (Å²) in [6.45, 7) is -2.90. The monoisotopic (exact) mass is 325 g/mol. The Kier molecular flexibility index (Phi) is 3.24. The summed E-state index contributed by atoms with van der Waals surface area (Å²) in [5.74, 6) is 0.465. The van der Waals surface area contributed by atoms with Gasteiger partial charge < -0.3 is 9.72 Å². The third-order valence-corrected chi connectivity index (χ3v) is 4.48. The Morgan fingerprint density at radius 1 is 1.21 bits per heavy atom. The van der Waals surface area contributed by atoms with Crippen molar-refractivity contribution < 1.29 is 13.5 Å². The van der Waals surface area contributed by atoms with Gasteiger partial charge in [0.05, 0.1) is 17.1 Å². The first-order valence-electron chi connectivity index (χ1n) is 7.54. The molecule has 120 valence electrons. The zero-order valence-corrected chi connectivity index (χ0v) is 12.5. The molecule has 0 radical (unpaired) electrons. The molecule has 1 fully saturated rings. The van der Waals surface area contributed by atoms with Gasteiger partial charge in [-0.2, -0.15) is 14.0 Å². The standard InChI is InChI=1S/C18H13F2N3O/c19-17(20)24-15-8-4-1-5-11(15)12-9-18(12,10-21)16-22-13-6-2-3-7-14(13)23-16/h1-8,12,17H,9H2,(H,22,23). The van der Waals surface area contributed by atoms with Crippen molar-refractivity contribution in [2.24, 2.45) is 0 Å². The van der Waals surface area contributed by atoms with Crippen molar-refractivity contribution in [2.75, 3.05) is 0 Å². The summed E-state index contributed by atoms with van der Waals surface area (Å²) < 4.78 is 29.8. The molecule has 24 heavy (non-hydrogen) atoms. The van der Waals surface area contributed by atoms with Crippen LogP contribution in [0.25, 0.3) is 11.0 Å². The number of fused-ring (bicyclic) bond motifs is 1. The van der Waals surface area contributed by atoms with Gasteiger partial charge in [-0.25, -0.2) is 4.98 Å². The number of hydrogen-bond donors (Lipinski definition) is 1. The summed E-state index contributed by atoms with van der Waals surface area (Å²) in [5.41, 5.74) is 1.41. The number of para-hydroxylation sites is 3. The van der Waals surface area contributed by atoms with Crippen molar-refractivity contribution in [1.82, 2.24) is 9.97 Å². The van der Waals surface area contributed by atoms with Crippen LogP contribution in [0.15, 0.2) is 48.5 Å². The highest BCUT2D eigenvalue weighted by Crippen LogP contribution is 2.61. The van der Waals surface area contributed by atoms with E-state index >= 15 is 0 Å². The van der Waals surface area contributed by atoms with Crippen molar-refractivity contribution in [1.29, 1.82) is 5.26 Å². The molecule has 1 heterocycles. The number of H-pyrrole nitrogens is 1. The molecule has 0 bridgehead atoms. The second-order valence-electron chi connectivity index (χ2n) is 5.86. The van der Waals surface area contributed by atoms with E-state index in [1.54, 1.807) is 18.2 Å². The number of alkyl halides is 2. The van der Waals surface area contributed by atoms with Crippen LogP contribution in [-0.4, -0.2) is 16.6 Å². The summed E-state index contributed by atoms with van der Waals surface area (Å²) in [6.07, 6.45) is 0.521. The SMILES string of the molecule is N#CC1(c2nc3ccccc3[nH]2)CC1c1ccccc1OC(F)F. The number of nitrogens with one attached hydrogen (secondary N) is 1. The molecule has 0 spiro atoms. The number of imidazole rings is 1. The molecule has 0 aliphatic heterocycles. The van der Waals surface area contributed by atoms with Crippen molar-refractivity contribution in [3.8, 4) is 11.8 Å². The van der Waals surface area contributed by atoms with Gasteiger partial charge in [-0.1, -0.05) is 30.3 Å². The molecule has 4 nitrogen and oxygen atoms in total. The fourth-order valence-electron chi connectivity index (χ4n) is 3.21. The van der Waals surface area contributed by atoms with E-state index in [1.807, 2.05) is 24.3 Å². The van der Waals surface area contributed by atoms with Crippen LogP contribution in [0.4, 0.5) is 8.78 Å². The van der Waals surface area contributed by atoms with Gasteiger partial charge in [0.2, 0.25) is 0 Å². The summed E-state index contributed by atoms with van der Waals surface area (Å²) in [7, 11) is 0. The maximum atomic E-state index is 12.6. The molecule has 0 amide bonds. The highest BCUT2D eigenvalue weighted by atomic mass is 19.3.